The lowest BCUT2D eigenvalue weighted by Crippen LogP contribution is -2.68. The number of nitrogens with zero attached hydrogens (tertiary/aromatic N) is 5. The van der Waals surface area contributed by atoms with Crippen molar-refractivity contribution in [3.8, 4) is 0 Å². The number of nitrogen functional groups attached to an aromatic ring is 1. The molecule has 1 aromatic heterocycles. The molecule has 21 heteroatoms. The van der Waals surface area contributed by atoms with Gasteiger partial charge in [-0.1, -0.05) is 5.16 Å². The Kier molecular flexibility index (Phi) is 8.72. The number of thiazole rings is 1. The van der Waals surface area contributed by atoms with E-state index in [2.05, 4.69) is 15.5 Å². The van der Waals surface area contributed by atoms with E-state index < -0.39 is 70.0 Å². The number of aliphatic carboxylic acids is 1. The molecule has 2 fully saturated rings. The second-order valence-electron chi connectivity index (χ2n) is 9.43. The first-order chi connectivity index (χ1) is 18.9. The maximum Gasteiger partial charge on any atom is 0.350 e. The van der Waals surface area contributed by atoms with E-state index in [0.717, 1.165) is 11.3 Å². The molecule has 0 spiro atoms. The molecule has 3 heterocycles. The van der Waals surface area contributed by atoms with E-state index in [9.17, 15) is 42.3 Å². The fourth-order valence-electron chi connectivity index (χ4n) is 3.33. The number of oxime groups is 1. The highest BCUT2D eigenvalue weighted by Crippen LogP contribution is 2.17. The van der Waals surface area contributed by atoms with Gasteiger partial charge in [-0.05, 0) is 27.7 Å². The predicted octanol–water partition coefficient (Wildman–Crippen LogP) is -1.55. The number of carbonyl (C=O) groups is 6. The number of aromatic nitrogens is 1. The van der Waals surface area contributed by atoms with Crippen LogP contribution in [0.3, 0.4) is 0 Å². The maximum atomic E-state index is 12.8. The topological polar surface area (TPSA) is 263 Å². The average Bonchev–Trinajstić information content (AvgIpc) is 3.45. The van der Waals surface area contributed by atoms with Gasteiger partial charge in [0.1, 0.15) is 11.7 Å². The van der Waals surface area contributed by atoms with E-state index in [-0.39, 0.29) is 30.0 Å². The van der Waals surface area contributed by atoms with Crippen LogP contribution in [-0.4, -0.2) is 112 Å². The molecular formula is C20H27N9O10S2. The van der Waals surface area contributed by atoms with Crippen LogP contribution in [0.5, 0.6) is 0 Å². The monoisotopic (exact) mass is 617 g/mol. The Bertz CT molecular complexity index is 1420. The third-order valence-corrected chi connectivity index (χ3v) is 7.25. The largest absolute Gasteiger partial charge is 0.478 e. The predicted molar refractivity (Wildman–Crippen MR) is 139 cm³/mol. The van der Waals surface area contributed by atoms with Crippen molar-refractivity contribution in [2.45, 2.75) is 45.4 Å². The number of carbonyl (C=O) groups excluding carboxylic acids is 5. The Morgan fingerprint density at radius 2 is 1.78 bits per heavy atom. The number of imide groups is 2. The molecule has 3 rings (SSSR count). The standard InChI is InChI=1S/C20H27N9O10S2/c1-9(2)27-5-6-28(19(27)36)17(34)25-41(37,38)26-18(35)29-7-10(14(29)31)22-13(30)12(11-8-40-16(21)23-11)24-39-20(3,4)15(32)33/h8-10H,5-7H2,1-4H3,(H2,21,23)(H,22,30)(H,25,34)(H,26,35)(H,32,33)/t10-/m0/s1. The maximum absolute atomic E-state index is 12.8. The molecule has 8 amide bonds. The van der Waals surface area contributed by atoms with Gasteiger partial charge in [0.05, 0.1) is 6.54 Å². The highest BCUT2D eigenvalue weighted by atomic mass is 32.2. The van der Waals surface area contributed by atoms with Crippen LogP contribution in [0.2, 0.25) is 0 Å². The van der Waals surface area contributed by atoms with Gasteiger partial charge < -0.3 is 25.9 Å². The number of β-lactam (4-membered cyclic amide) rings is 1. The number of rotatable bonds is 9. The van der Waals surface area contributed by atoms with Crippen molar-refractivity contribution in [3.05, 3.63) is 11.1 Å². The van der Waals surface area contributed by atoms with Gasteiger partial charge in [-0.2, -0.15) is 8.42 Å². The Morgan fingerprint density at radius 3 is 2.27 bits per heavy atom. The summed E-state index contributed by atoms with van der Waals surface area (Å²) in [6.45, 7) is 5.43. The molecule has 0 aromatic carbocycles. The lowest BCUT2D eigenvalue weighted by molar-refractivity contribution is -0.161. The van der Waals surface area contributed by atoms with Crippen molar-refractivity contribution in [3.63, 3.8) is 0 Å². The van der Waals surface area contributed by atoms with Crippen LogP contribution in [0.4, 0.5) is 19.5 Å². The summed E-state index contributed by atoms with van der Waals surface area (Å²) in [6.07, 6.45) is 0. The van der Waals surface area contributed by atoms with Gasteiger partial charge in [0, 0.05) is 24.5 Å². The normalized spacial score (nSPS) is 17.8. The van der Waals surface area contributed by atoms with E-state index in [1.54, 1.807) is 13.8 Å². The van der Waals surface area contributed by atoms with Gasteiger partial charge in [0.25, 0.3) is 11.8 Å². The zero-order chi connectivity index (χ0) is 30.9. The molecule has 2 aliphatic heterocycles. The van der Waals surface area contributed by atoms with E-state index in [0.29, 0.717) is 9.80 Å². The Morgan fingerprint density at radius 1 is 1.17 bits per heavy atom. The van der Waals surface area contributed by atoms with E-state index in [1.807, 2.05) is 0 Å². The van der Waals surface area contributed by atoms with Gasteiger partial charge in [0.2, 0.25) is 5.60 Å². The molecule has 19 nitrogen and oxygen atoms in total. The Labute approximate surface area is 236 Å². The Hall–Kier alpha value is -4.53. The minimum atomic E-state index is -4.83. The average molecular weight is 618 g/mol. The molecule has 0 unspecified atom stereocenters. The summed E-state index contributed by atoms with van der Waals surface area (Å²) in [4.78, 5) is 84.8. The zero-order valence-electron chi connectivity index (χ0n) is 22.1. The van der Waals surface area contributed by atoms with Crippen LogP contribution in [-0.2, 0) is 29.4 Å². The van der Waals surface area contributed by atoms with Crippen molar-refractivity contribution in [2.75, 3.05) is 25.4 Å². The molecule has 224 valence electrons. The Balaban J connectivity index is 1.60. The van der Waals surface area contributed by atoms with Crippen molar-refractivity contribution in [1.82, 2.24) is 34.4 Å². The fraction of sp³-hybridized carbons (Fsp3) is 0.500. The van der Waals surface area contributed by atoms with Crippen LogP contribution < -0.4 is 20.5 Å². The van der Waals surface area contributed by atoms with Crippen molar-refractivity contribution >= 4 is 68.3 Å². The molecule has 0 radical (unpaired) electrons. The summed E-state index contributed by atoms with van der Waals surface area (Å²) in [5, 5.41) is 16.4. The minimum Gasteiger partial charge on any atom is -0.478 e. The molecule has 0 saturated carbocycles. The number of hydrogen-bond acceptors (Lipinski definition) is 13. The lowest BCUT2D eigenvalue weighted by atomic mass is 10.1. The van der Waals surface area contributed by atoms with E-state index in [4.69, 9.17) is 10.6 Å². The lowest BCUT2D eigenvalue weighted by Gasteiger charge is -2.36. The molecule has 2 saturated heterocycles. The summed E-state index contributed by atoms with van der Waals surface area (Å²) < 4.78 is 27.6. The summed E-state index contributed by atoms with van der Waals surface area (Å²) in [7, 11) is -4.83. The number of carboxylic acid groups (broad SMARTS) is 1. The SMILES string of the molecule is CC(C)N1CCN(C(=O)NS(=O)(=O)NC(=O)N2C[C@H](NC(=O)C(=NOC(C)(C)C(=O)O)c3csc(N)n3)C2=O)C1=O. The van der Waals surface area contributed by atoms with Gasteiger partial charge >= 0.3 is 34.3 Å². The number of hydrogen-bond donors (Lipinski definition) is 5. The van der Waals surface area contributed by atoms with E-state index >= 15 is 0 Å². The third-order valence-electron chi connectivity index (χ3n) is 5.69. The summed E-state index contributed by atoms with van der Waals surface area (Å²) in [5.74, 6) is -3.42. The van der Waals surface area contributed by atoms with Crippen LogP contribution in [0.1, 0.15) is 33.4 Å². The van der Waals surface area contributed by atoms with Gasteiger partial charge in [0.15, 0.2) is 10.8 Å². The van der Waals surface area contributed by atoms with Crippen LogP contribution >= 0.6 is 11.3 Å². The minimum absolute atomic E-state index is 0.0557. The highest BCUT2D eigenvalue weighted by Gasteiger charge is 2.44. The second kappa shape index (κ2) is 11.5. The number of anilines is 1. The van der Waals surface area contributed by atoms with Gasteiger partial charge in [-0.25, -0.2) is 38.5 Å². The number of carboxylic acids is 1. The molecule has 41 heavy (non-hydrogen) atoms. The number of likely N-dealkylation sites (tertiary alicyclic amines) is 1. The number of nitrogens with two attached hydrogens (primary N) is 1. The van der Waals surface area contributed by atoms with Crippen LogP contribution in [0.15, 0.2) is 10.5 Å². The van der Waals surface area contributed by atoms with Crippen LogP contribution in [0.25, 0.3) is 0 Å². The molecule has 0 aliphatic carbocycles. The fourth-order valence-corrected chi connectivity index (χ4v) is 4.61. The summed E-state index contributed by atoms with van der Waals surface area (Å²) in [6, 6.07) is -4.96. The zero-order valence-corrected chi connectivity index (χ0v) is 23.7. The molecule has 2 aliphatic rings. The molecule has 0 bridgehead atoms. The number of urea groups is 3. The molecule has 1 aromatic rings. The first kappa shape index (κ1) is 31.0. The van der Waals surface area contributed by atoms with Gasteiger partial charge in [-0.3, -0.25) is 14.5 Å². The molecular weight excluding hydrogens is 590 g/mol. The van der Waals surface area contributed by atoms with Crippen molar-refractivity contribution < 1.29 is 47.1 Å². The quantitative estimate of drug-likeness (QED) is 0.120. The van der Waals surface area contributed by atoms with Crippen molar-refractivity contribution in [1.29, 1.82) is 0 Å². The van der Waals surface area contributed by atoms with Crippen LogP contribution in [0, 0.1) is 0 Å². The third kappa shape index (κ3) is 6.98. The van der Waals surface area contributed by atoms with Crippen molar-refractivity contribution in [2.24, 2.45) is 5.16 Å². The number of nitrogens with one attached hydrogen (secondary N) is 3. The number of amides is 8. The first-order valence-electron chi connectivity index (χ1n) is 11.7. The van der Waals surface area contributed by atoms with Gasteiger partial charge in [-0.15, -0.1) is 11.3 Å². The second-order valence-corrected chi connectivity index (χ2v) is 11.7. The first-order valence-corrected chi connectivity index (χ1v) is 14.1. The molecule has 6 N–H and O–H groups in total. The molecule has 1 atom stereocenters. The highest BCUT2D eigenvalue weighted by molar-refractivity contribution is 7.88. The summed E-state index contributed by atoms with van der Waals surface area (Å²) >= 11 is 0.947. The smallest absolute Gasteiger partial charge is 0.350 e. The summed E-state index contributed by atoms with van der Waals surface area (Å²) in [5.41, 5.74) is 3.16. The van der Waals surface area contributed by atoms with E-state index in [1.165, 1.54) is 33.6 Å².